The predicted molar refractivity (Wildman–Crippen MR) is 75.9 cm³/mol. The SMILES string of the molecule is C=CC[C@@H](O)[C@H]1[C@@H](OC)C(=O)N1c1ccc(OC)cc1. The van der Waals surface area contributed by atoms with Crippen molar-refractivity contribution in [2.24, 2.45) is 0 Å². The Morgan fingerprint density at radius 1 is 1.40 bits per heavy atom. The highest BCUT2D eigenvalue weighted by atomic mass is 16.5. The van der Waals surface area contributed by atoms with E-state index in [2.05, 4.69) is 6.58 Å². The molecule has 1 aromatic rings. The number of anilines is 1. The molecule has 108 valence electrons. The molecule has 0 saturated carbocycles. The molecule has 5 nitrogen and oxygen atoms in total. The largest absolute Gasteiger partial charge is 0.497 e. The zero-order chi connectivity index (χ0) is 14.7. The molecule has 1 heterocycles. The molecule has 0 aliphatic carbocycles. The highest BCUT2D eigenvalue weighted by Crippen LogP contribution is 2.33. The summed E-state index contributed by atoms with van der Waals surface area (Å²) in [7, 11) is 3.06. The molecule has 1 N–H and O–H groups in total. The first-order valence-corrected chi connectivity index (χ1v) is 6.43. The Bertz CT molecular complexity index is 485. The quantitative estimate of drug-likeness (QED) is 0.630. The molecular weight excluding hydrogens is 258 g/mol. The summed E-state index contributed by atoms with van der Waals surface area (Å²) in [4.78, 5) is 13.7. The summed E-state index contributed by atoms with van der Waals surface area (Å²) in [5.74, 6) is 0.569. The number of benzene rings is 1. The molecule has 0 aromatic heterocycles. The van der Waals surface area contributed by atoms with Gasteiger partial charge in [-0.25, -0.2) is 0 Å². The van der Waals surface area contributed by atoms with E-state index >= 15 is 0 Å². The molecular formula is C15H19NO4. The highest BCUT2D eigenvalue weighted by molar-refractivity contribution is 6.05. The van der Waals surface area contributed by atoms with E-state index in [9.17, 15) is 9.90 Å². The Labute approximate surface area is 118 Å². The van der Waals surface area contributed by atoms with Crippen LogP contribution in [-0.2, 0) is 9.53 Å². The van der Waals surface area contributed by atoms with E-state index in [1.54, 1.807) is 42.4 Å². The summed E-state index contributed by atoms with van der Waals surface area (Å²) in [5, 5.41) is 10.2. The van der Waals surface area contributed by atoms with Gasteiger partial charge in [0.1, 0.15) is 5.75 Å². The van der Waals surface area contributed by atoms with Crippen molar-refractivity contribution in [2.75, 3.05) is 19.1 Å². The summed E-state index contributed by atoms with van der Waals surface area (Å²) in [6.07, 6.45) is 0.737. The van der Waals surface area contributed by atoms with Gasteiger partial charge in [0.2, 0.25) is 0 Å². The number of β-lactam (4-membered cyclic amide) rings is 1. The summed E-state index contributed by atoms with van der Waals surface area (Å²) < 4.78 is 10.3. The van der Waals surface area contributed by atoms with E-state index in [0.717, 1.165) is 5.69 Å². The Kier molecular flexibility index (Phi) is 4.42. The Balaban J connectivity index is 2.23. The molecule has 0 spiro atoms. The molecule has 1 saturated heterocycles. The summed E-state index contributed by atoms with van der Waals surface area (Å²) in [6, 6.07) is 6.74. The first-order valence-electron chi connectivity index (χ1n) is 6.43. The van der Waals surface area contributed by atoms with Gasteiger partial charge >= 0.3 is 0 Å². The van der Waals surface area contributed by atoms with Crippen molar-refractivity contribution >= 4 is 11.6 Å². The highest BCUT2D eigenvalue weighted by Gasteiger charge is 2.51. The fraction of sp³-hybridized carbons (Fsp3) is 0.400. The van der Waals surface area contributed by atoms with E-state index in [0.29, 0.717) is 12.2 Å². The van der Waals surface area contributed by atoms with Crippen LogP contribution < -0.4 is 9.64 Å². The number of amides is 1. The van der Waals surface area contributed by atoms with Crippen molar-refractivity contribution in [3.8, 4) is 5.75 Å². The molecule has 5 heteroatoms. The van der Waals surface area contributed by atoms with Crippen LogP contribution in [0, 0.1) is 0 Å². The maximum Gasteiger partial charge on any atom is 0.258 e. The number of methoxy groups -OCH3 is 2. The van der Waals surface area contributed by atoms with Crippen molar-refractivity contribution in [2.45, 2.75) is 24.7 Å². The van der Waals surface area contributed by atoms with Gasteiger partial charge in [-0.3, -0.25) is 4.79 Å². The minimum absolute atomic E-state index is 0.147. The van der Waals surface area contributed by atoms with E-state index < -0.39 is 12.2 Å². The third-order valence-electron chi connectivity index (χ3n) is 3.50. The number of carbonyl (C=O) groups is 1. The topological polar surface area (TPSA) is 59.0 Å². The third-order valence-corrected chi connectivity index (χ3v) is 3.50. The Morgan fingerprint density at radius 2 is 2.05 bits per heavy atom. The number of aliphatic hydroxyl groups excluding tert-OH is 1. The van der Waals surface area contributed by atoms with E-state index in [4.69, 9.17) is 9.47 Å². The second-order valence-electron chi connectivity index (χ2n) is 4.64. The number of nitrogens with zero attached hydrogens (tertiary/aromatic N) is 1. The fourth-order valence-electron chi connectivity index (χ4n) is 2.45. The molecule has 1 aliphatic heterocycles. The zero-order valence-corrected chi connectivity index (χ0v) is 11.7. The molecule has 1 fully saturated rings. The number of rotatable bonds is 6. The average Bonchev–Trinajstić information content (AvgIpc) is 2.46. The molecule has 0 radical (unpaired) electrons. The minimum Gasteiger partial charge on any atom is -0.497 e. The smallest absolute Gasteiger partial charge is 0.258 e. The van der Waals surface area contributed by atoms with Crippen LogP contribution in [0.5, 0.6) is 5.75 Å². The van der Waals surface area contributed by atoms with Crippen LogP contribution in [-0.4, -0.2) is 43.5 Å². The maximum absolute atomic E-state index is 12.1. The summed E-state index contributed by atoms with van der Waals surface area (Å²) in [5.41, 5.74) is 0.720. The Morgan fingerprint density at radius 3 is 2.55 bits per heavy atom. The molecule has 1 amide bonds. The van der Waals surface area contributed by atoms with Crippen LogP contribution in [0.4, 0.5) is 5.69 Å². The van der Waals surface area contributed by atoms with Gasteiger partial charge in [0.05, 0.1) is 19.3 Å². The van der Waals surface area contributed by atoms with Gasteiger partial charge in [-0.15, -0.1) is 6.58 Å². The van der Waals surface area contributed by atoms with Crippen LogP contribution in [0.1, 0.15) is 6.42 Å². The van der Waals surface area contributed by atoms with Crippen molar-refractivity contribution < 1.29 is 19.4 Å². The second kappa shape index (κ2) is 6.07. The first-order chi connectivity index (χ1) is 9.63. The van der Waals surface area contributed by atoms with E-state index in [-0.39, 0.29) is 11.9 Å². The lowest BCUT2D eigenvalue weighted by Crippen LogP contribution is -2.70. The van der Waals surface area contributed by atoms with Gasteiger partial charge in [0, 0.05) is 12.8 Å². The van der Waals surface area contributed by atoms with Gasteiger partial charge in [-0.1, -0.05) is 6.08 Å². The molecule has 0 bridgehead atoms. The number of hydrogen-bond donors (Lipinski definition) is 1. The summed E-state index contributed by atoms with van der Waals surface area (Å²) in [6.45, 7) is 3.61. The molecule has 1 aromatic carbocycles. The molecule has 3 atom stereocenters. The monoisotopic (exact) mass is 277 g/mol. The van der Waals surface area contributed by atoms with Crippen molar-refractivity contribution in [1.82, 2.24) is 0 Å². The lowest BCUT2D eigenvalue weighted by Gasteiger charge is -2.48. The van der Waals surface area contributed by atoms with Gasteiger partial charge in [-0.2, -0.15) is 0 Å². The molecule has 2 rings (SSSR count). The molecule has 20 heavy (non-hydrogen) atoms. The predicted octanol–water partition coefficient (Wildman–Crippen LogP) is 1.36. The van der Waals surface area contributed by atoms with Crippen molar-refractivity contribution in [1.29, 1.82) is 0 Å². The van der Waals surface area contributed by atoms with E-state index in [1.165, 1.54) is 7.11 Å². The van der Waals surface area contributed by atoms with Gasteiger partial charge < -0.3 is 19.5 Å². The van der Waals surface area contributed by atoms with Crippen molar-refractivity contribution in [3.63, 3.8) is 0 Å². The Hall–Kier alpha value is -1.85. The van der Waals surface area contributed by atoms with Gasteiger partial charge in [-0.05, 0) is 30.7 Å². The van der Waals surface area contributed by atoms with Gasteiger partial charge in [0.15, 0.2) is 6.10 Å². The van der Waals surface area contributed by atoms with E-state index in [1.807, 2.05) is 0 Å². The third kappa shape index (κ3) is 2.42. The van der Waals surface area contributed by atoms with Crippen LogP contribution in [0.2, 0.25) is 0 Å². The average molecular weight is 277 g/mol. The molecule has 1 aliphatic rings. The fourth-order valence-corrected chi connectivity index (χ4v) is 2.45. The number of aliphatic hydroxyl groups is 1. The van der Waals surface area contributed by atoms with Crippen LogP contribution in [0.25, 0.3) is 0 Å². The lowest BCUT2D eigenvalue weighted by molar-refractivity contribution is -0.144. The number of carbonyl (C=O) groups excluding carboxylic acids is 1. The van der Waals surface area contributed by atoms with Crippen LogP contribution >= 0.6 is 0 Å². The maximum atomic E-state index is 12.1. The van der Waals surface area contributed by atoms with Crippen LogP contribution in [0.15, 0.2) is 36.9 Å². The first kappa shape index (κ1) is 14.6. The minimum atomic E-state index is -0.697. The van der Waals surface area contributed by atoms with Crippen LogP contribution in [0.3, 0.4) is 0 Å². The second-order valence-corrected chi connectivity index (χ2v) is 4.64. The standard InChI is InChI=1S/C15H19NO4/c1-4-5-12(17)13-14(20-3)15(18)16(13)10-6-8-11(19-2)9-7-10/h4,6-9,12-14,17H,1,5H2,2-3H3/t12-,13+,14-/m1/s1. The summed E-state index contributed by atoms with van der Waals surface area (Å²) >= 11 is 0. The molecule has 0 unspecified atom stereocenters. The normalized spacial score (nSPS) is 23.1. The number of ether oxygens (including phenoxy) is 2. The lowest BCUT2D eigenvalue weighted by atomic mass is 9.90. The van der Waals surface area contributed by atoms with Crippen molar-refractivity contribution in [3.05, 3.63) is 36.9 Å². The zero-order valence-electron chi connectivity index (χ0n) is 11.7. The number of hydrogen-bond acceptors (Lipinski definition) is 4. The van der Waals surface area contributed by atoms with Gasteiger partial charge in [0.25, 0.3) is 5.91 Å².